The number of hydrogen-bond donors (Lipinski definition) is 1. The molecule has 1 rings (SSSR count). The number of nitrogen functional groups attached to an aromatic ring is 1. The normalized spacial score (nSPS) is 10.9. The largest absolute Gasteiger partial charge is 1.00 e. The molecule has 16 heavy (non-hydrogen) atoms. The zero-order chi connectivity index (χ0) is 11.3. The number of nitrogens with zero attached hydrogens (tertiary/aromatic N) is 1. The molecule has 0 aromatic heterocycles. The molecule has 92 valence electrons. The monoisotopic (exact) mass is 242 g/mol. The Morgan fingerprint density at radius 1 is 0.938 bits per heavy atom. The van der Waals surface area contributed by atoms with Gasteiger partial charge in [-0.3, -0.25) is 0 Å². The van der Waals surface area contributed by atoms with E-state index in [1.807, 2.05) is 12.1 Å². The summed E-state index contributed by atoms with van der Waals surface area (Å²) in [6.07, 6.45) is 0. The van der Waals surface area contributed by atoms with E-state index in [1.54, 1.807) is 0 Å². The van der Waals surface area contributed by atoms with Crippen molar-refractivity contribution in [3.05, 3.63) is 29.8 Å². The molecule has 2 nitrogen and oxygen atoms in total. The zero-order valence-electron chi connectivity index (χ0n) is 10.5. The maximum absolute atomic E-state index is 5.68. The molecule has 2 N–H and O–H groups in total. The van der Waals surface area contributed by atoms with Crippen molar-refractivity contribution < 1.29 is 16.9 Å². The van der Waals surface area contributed by atoms with Crippen LogP contribution in [-0.2, 0) is 6.54 Å². The van der Waals surface area contributed by atoms with Crippen molar-refractivity contribution in [2.75, 3.05) is 25.4 Å². The topological polar surface area (TPSA) is 26.0 Å². The summed E-state index contributed by atoms with van der Waals surface area (Å²) >= 11 is 0. The van der Waals surface area contributed by atoms with E-state index in [2.05, 4.69) is 32.9 Å². The third-order valence-corrected chi connectivity index (χ3v) is 3.51. The van der Waals surface area contributed by atoms with Gasteiger partial charge in [-0.05, 0) is 32.9 Å². The highest BCUT2D eigenvalue weighted by atomic mass is 35.5. The molecule has 0 saturated heterocycles. The predicted molar refractivity (Wildman–Crippen MR) is 66.4 cm³/mol. The van der Waals surface area contributed by atoms with Crippen molar-refractivity contribution in [2.45, 2.75) is 27.3 Å². The fourth-order valence-corrected chi connectivity index (χ4v) is 2.02. The standard InChI is InChI=1S/C13H23N2.ClH/c1-4-15(5-2,6-3)11-12-7-9-13(14)10-8-12;/h7-10H,4-6,11,14H2,1-3H3;1H/q+1;/p-1. The zero-order valence-corrected chi connectivity index (χ0v) is 11.3. The molecular weight excluding hydrogens is 220 g/mol. The van der Waals surface area contributed by atoms with Crippen LogP contribution in [0.2, 0.25) is 0 Å². The molecule has 0 bridgehead atoms. The van der Waals surface area contributed by atoms with Gasteiger partial charge in [0.05, 0.1) is 19.6 Å². The Bertz CT molecular complexity index is 283. The number of hydrogen-bond acceptors (Lipinski definition) is 1. The molecule has 0 fully saturated rings. The van der Waals surface area contributed by atoms with Crippen LogP contribution in [0.5, 0.6) is 0 Å². The molecule has 0 radical (unpaired) electrons. The minimum absolute atomic E-state index is 0. The van der Waals surface area contributed by atoms with Crippen molar-refractivity contribution in [1.82, 2.24) is 0 Å². The first-order valence-electron chi connectivity index (χ1n) is 5.85. The predicted octanol–water partition coefficient (Wildman–Crippen LogP) is -0.351. The molecule has 0 aliphatic rings. The number of quaternary nitrogens is 1. The maximum atomic E-state index is 5.68. The average molecular weight is 243 g/mol. The molecule has 0 spiro atoms. The second-order valence-electron chi connectivity index (χ2n) is 4.19. The van der Waals surface area contributed by atoms with E-state index in [-0.39, 0.29) is 12.4 Å². The third-order valence-electron chi connectivity index (χ3n) is 3.51. The van der Waals surface area contributed by atoms with Gasteiger partial charge < -0.3 is 22.6 Å². The van der Waals surface area contributed by atoms with Crippen LogP contribution in [0, 0.1) is 0 Å². The van der Waals surface area contributed by atoms with E-state index < -0.39 is 0 Å². The van der Waals surface area contributed by atoms with Crippen molar-refractivity contribution in [3.63, 3.8) is 0 Å². The van der Waals surface area contributed by atoms with Crippen LogP contribution in [0.25, 0.3) is 0 Å². The molecule has 0 aliphatic heterocycles. The van der Waals surface area contributed by atoms with E-state index in [0.29, 0.717) is 0 Å². The maximum Gasteiger partial charge on any atom is 0.104 e. The van der Waals surface area contributed by atoms with Crippen LogP contribution in [-0.4, -0.2) is 24.1 Å². The number of anilines is 1. The highest BCUT2D eigenvalue weighted by Crippen LogP contribution is 2.15. The second-order valence-corrected chi connectivity index (χ2v) is 4.19. The highest BCUT2D eigenvalue weighted by molar-refractivity contribution is 5.39. The first kappa shape index (κ1) is 15.3. The van der Waals surface area contributed by atoms with Gasteiger partial charge in [-0.2, -0.15) is 0 Å². The summed E-state index contributed by atoms with van der Waals surface area (Å²) in [5.74, 6) is 0. The Morgan fingerprint density at radius 3 is 1.75 bits per heavy atom. The fourth-order valence-electron chi connectivity index (χ4n) is 2.02. The molecular formula is C13H23ClN2. The van der Waals surface area contributed by atoms with Crippen molar-refractivity contribution in [2.24, 2.45) is 0 Å². The van der Waals surface area contributed by atoms with Crippen LogP contribution in [0.3, 0.4) is 0 Å². The fraction of sp³-hybridized carbons (Fsp3) is 0.538. The summed E-state index contributed by atoms with van der Waals surface area (Å²) in [6, 6.07) is 8.27. The minimum atomic E-state index is 0. The van der Waals surface area contributed by atoms with Crippen LogP contribution in [0.4, 0.5) is 5.69 Å². The van der Waals surface area contributed by atoms with Crippen molar-refractivity contribution >= 4 is 5.69 Å². The first-order valence-corrected chi connectivity index (χ1v) is 5.85. The molecule has 0 heterocycles. The summed E-state index contributed by atoms with van der Waals surface area (Å²) in [7, 11) is 0. The lowest BCUT2D eigenvalue weighted by atomic mass is 10.1. The van der Waals surface area contributed by atoms with E-state index >= 15 is 0 Å². The highest BCUT2D eigenvalue weighted by Gasteiger charge is 2.20. The van der Waals surface area contributed by atoms with E-state index in [4.69, 9.17) is 5.73 Å². The number of nitrogens with two attached hydrogens (primary N) is 1. The van der Waals surface area contributed by atoms with E-state index in [0.717, 1.165) is 16.7 Å². The summed E-state index contributed by atoms with van der Waals surface area (Å²) in [5, 5.41) is 0. The third kappa shape index (κ3) is 3.69. The first-order chi connectivity index (χ1) is 7.15. The Morgan fingerprint density at radius 2 is 1.38 bits per heavy atom. The van der Waals surface area contributed by atoms with Gasteiger partial charge >= 0.3 is 0 Å². The summed E-state index contributed by atoms with van der Waals surface area (Å²) in [6.45, 7) is 11.5. The molecule has 0 saturated carbocycles. The van der Waals surface area contributed by atoms with Crippen molar-refractivity contribution in [1.29, 1.82) is 0 Å². The number of benzene rings is 1. The van der Waals surface area contributed by atoms with Crippen LogP contribution < -0.4 is 18.1 Å². The smallest absolute Gasteiger partial charge is 0.104 e. The summed E-state index contributed by atoms with van der Waals surface area (Å²) in [5.41, 5.74) is 7.92. The molecule has 1 aromatic carbocycles. The Balaban J connectivity index is 0.00000225. The van der Waals surface area contributed by atoms with Crippen LogP contribution in [0.15, 0.2) is 24.3 Å². The quantitative estimate of drug-likeness (QED) is 0.555. The van der Waals surface area contributed by atoms with Gasteiger partial charge in [-0.15, -0.1) is 0 Å². The van der Waals surface area contributed by atoms with E-state index in [9.17, 15) is 0 Å². The Kier molecular flexibility index (Phi) is 6.46. The number of rotatable bonds is 5. The van der Waals surface area contributed by atoms with Crippen molar-refractivity contribution in [3.8, 4) is 0 Å². The Hall–Kier alpha value is -0.730. The van der Waals surface area contributed by atoms with Gasteiger partial charge in [-0.25, -0.2) is 0 Å². The summed E-state index contributed by atoms with van der Waals surface area (Å²) in [4.78, 5) is 0. The molecule has 0 unspecified atom stereocenters. The van der Waals surface area contributed by atoms with Gasteiger partial charge in [0, 0.05) is 11.3 Å². The Labute approximate surface area is 105 Å². The van der Waals surface area contributed by atoms with Gasteiger partial charge in [0.1, 0.15) is 6.54 Å². The van der Waals surface area contributed by atoms with Gasteiger partial charge in [0.15, 0.2) is 0 Å². The van der Waals surface area contributed by atoms with E-state index in [1.165, 1.54) is 25.2 Å². The second kappa shape index (κ2) is 6.77. The minimum Gasteiger partial charge on any atom is -1.00 e. The molecule has 0 aliphatic carbocycles. The van der Waals surface area contributed by atoms with Gasteiger partial charge in [0.25, 0.3) is 0 Å². The summed E-state index contributed by atoms with van der Waals surface area (Å²) < 4.78 is 1.16. The lowest BCUT2D eigenvalue weighted by molar-refractivity contribution is -0.936. The number of halogens is 1. The molecule has 0 amide bonds. The lowest BCUT2D eigenvalue weighted by Crippen LogP contribution is -3.00. The van der Waals surface area contributed by atoms with Gasteiger partial charge in [-0.1, -0.05) is 12.1 Å². The van der Waals surface area contributed by atoms with Crippen LogP contribution in [0.1, 0.15) is 26.3 Å². The lowest BCUT2D eigenvalue weighted by Gasteiger charge is -2.35. The molecule has 0 atom stereocenters. The van der Waals surface area contributed by atoms with Crippen LogP contribution >= 0.6 is 0 Å². The SMILES string of the molecule is CC[N+](CC)(CC)Cc1ccc(N)cc1.[Cl-]. The molecule has 3 heteroatoms. The van der Waals surface area contributed by atoms with Gasteiger partial charge in [0.2, 0.25) is 0 Å². The average Bonchev–Trinajstić information content (AvgIpc) is 2.29. The molecule has 1 aromatic rings.